The normalized spacial score (nSPS) is 12.4. The zero-order chi connectivity index (χ0) is 22.7. The average molecular weight is 503 g/mol. The summed E-state index contributed by atoms with van der Waals surface area (Å²) < 4.78 is -1.76. The first kappa shape index (κ1) is 26.0. The molecular weight excluding hydrogens is 473 g/mol. The predicted molar refractivity (Wildman–Crippen MR) is 138 cm³/mol. The Morgan fingerprint density at radius 3 is 2.29 bits per heavy atom. The number of benzene rings is 2. The molecule has 3 N–H and O–H groups in total. The van der Waals surface area contributed by atoms with E-state index in [4.69, 9.17) is 47.0 Å². The van der Waals surface area contributed by atoms with Crippen molar-refractivity contribution in [2.45, 2.75) is 68.2 Å². The maximum absolute atomic E-state index is 12.4. The molecule has 0 aliphatic heterocycles. The van der Waals surface area contributed by atoms with E-state index in [-0.39, 0.29) is 11.0 Å². The lowest BCUT2D eigenvalue weighted by molar-refractivity contribution is -0.122. The van der Waals surface area contributed by atoms with E-state index in [0.29, 0.717) is 6.42 Å². The maximum atomic E-state index is 12.4. The Morgan fingerprint density at radius 2 is 1.58 bits per heavy atom. The molecule has 0 saturated heterocycles. The molecule has 0 aliphatic rings. The smallest absolute Gasteiger partial charge is 0.228 e. The second kappa shape index (κ2) is 13.3. The van der Waals surface area contributed by atoms with Crippen LogP contribution in [-0.4, -0.2) is 21.0 Å². The molecule has 4 nitrogen and oxygen atoms in total. The van der Waals surface area contributed by atoms with Gasteiger partial charge in [0.1, 0.15) is 6.17 Å². The number of hydrogen-bond acceptors (Lipinski definition) is 2. The molecule has 170 valence electrons. The van der Waals surface area contributed by atoms with Gasteiger partial charge in [-0.15, -0.1) is 0 Å². The van der Waals surface area contributed by atoms with Crippen molar-refractivity contribution in [2.75, 3.05) is 5.32 Å². The molecule has 1 amide bonds. The summed E-state index contributed by atoms with van der Waals surface area (Å²) in [6, 6.07) is 13.8. The van der Waals surface area contributed by atoms with Crippen LogP contribution in [0.5, 0.6) is 0 Å². The lowest BCUT2D eigenvalue weighted by Gasteiger charge is -2.28. The number of hydrogen-bond donors (Lipinski definition) is 3. The Bertz CT molecular complexity index is 852. The number of amides is 1. The van der Waals surface area contributed by atoms with Gasteiger partial charge in [-0.3, -0.25) is 4.79 Å². The molecule has 1 atom stereocenters. The zero-order valence-corrected chi connectivity index (χ0v) is 20.8. The molecule has 8 heteroatoms. The standard InChI is InChI=1S/C23H30Cl3N3OS/c1-2-3-4-5-6-7-8-16-20(30)28-21(23(24,25)26)29-22(31)27-19-15-11-13-17-12-9-10-14-18(17)19/h9-15,21H,2-8,16H2,1H3,(H,28,30)(H2,27,29,31)/t21-/m1/s1. The minimum atomic E-state index is -1.76. The van der Waals surface area contributed by atoms with E-state index < -0.39 is 9.96 Å². The second-order valence-electron chi connectivity index (χ2n) is 7.54. The van der Waals surface area contributed by atoms with Crippen LogP contribution in [-0.2, 0) is 4.79 Å². The van der Waals surface area contributed by atoms with Crippen molar-refractivity contribution in [2.24, 2.45) is 0 Å². The Balaban J connectivity index is 1.86. The molecule has 0 unspecified atom stereocenters. The third-order valence-corrected chi connectivity index (χ3v) is 5.83. The minimum absolute atomic E-state index is 0.176. The quantitative estimate of drug-likeness (QED) is 0.133. The van der Waals surface area contributed by atoms with E-state index in [1.807, 2.05) is 42.5 Å². The van der Waals surface area contributed by atoms with Crippen LogP contribution in [0.4, 0.5) is 5.69 Å². The summed E-state index contributed by atoms with van der Waals surface area (Å²) in [6.45, 7) is 2.20. The Labute approximate surface area is 205 Å². The number of anilines is 1. The number of carbonyl (C=O) groups excluding carboxylic acids is 1. The third-order valence-electron chi connectivity index (χ3n) is 4.95. The summed E-state index contributed by atoms with van der Waals surface area (Å²) in [5, 5.41) is 11.1. The number of unbranched alkanes of at least 4 members (excludes halogenated alkanes) is 6. The van der Waals surface area contributed by atoms with Crippen molar-refractivity contribution in [3.8, 4) is 0 Å². The number of carbonyl (C=O) groups is 1. The molecule has 0 aromatic heterocycles. The molecule has 0 bridgehead atoms. The SMILES string of the molecule is CCCCCCCCCC(=O)N[C@H](NC(=S)Nc1cccc2ccccc12)C(Cl)(Cl)Cl. The van der Waals surface area contributed by atoms with Gasteiger partial charge in [0.2, 0.25) is 9.70 Å². The fourth-order valence-corrected chi connectivity index (χ4v) is 3.85. The van der Waals surface area contributed by atoms with Gasteiger partial charge >= 0.3 is 0 Å². The number of thiocarbonyl (C=S) groups is 1. The number of alkyl halides is 3. The van der Waals surface area contributed by atoms with Crippen LogP contribution in [0.1, 0.15) is 58.3 Å². The van der Waals surface area contributed by atoms with Crippen molar-refractivity contribution in [3.05, 3.63) is 42.5 Å². The first-order valence-corrected chi connectivity index (χ1v) is 12.3. The largest absolute Gasteiger partial charge is 0.339 e. The van der Waals surface area contributed by atoms with Gasteiger partial charge in [0, 0.05) is 17.5 Å². The summed E-state index contributed by atoms with van der Waals surface area (Å²) in [5.74, 6) is -0.176. The van der Waals surface area contributed by atoms with Crippen LogP contribution in [0.15, 0.2) is 42.5 Å². The number of nitrogens with one attached hydrogen (secondary N) is 3. The molecule has 0 spiro atoms. The Kier molecular flexibility index (Phi) is 11.2. The summed E-state index contributed by atoms with van der Waals surface area (Å²) in [6.07, 6.45) is 7.35. The van der Waals surface area contributed by atoms with E-state index in [0.717, 1.165) is 35.7 Å². The fourth-order valence-electron chi connectivity index (χ4n) is 3.30. The molecule has 2 aromatic carbocycles. The number of halogens is 3. The summed E-state index contributed by atoms with van der Waals surface area (Å²) >= 11 is 23.7. The molecule has 2 rings (SSSR count). The lowest BCUT2D eigenvalue weighted by atomic mass is 10.1. The second-order valence-corrected chi connectivity index (χ2v) is 10.3. The van der Waals surface area contributed by atoms with Crippen molar-refractivity contribution < 1.29 is 4.79 Å². The topological polar surface area (TPSA) is 53.2 Å². The van der Waals surface area contributed by atoms with Crippen molar-refractivity contribution in [1.82, 2.24) is 10.6 Å². The monoisotopic (exact) mass is 501 g/mol. The van der Waals surface area contributed by atoms with Crippen LogP contribution in [0.2, 0.25) is 0 Å². The third kappa shape index (κ3) is 9.40. The van der Waals surface area contributed by atoms with Crippen LogP contribution < -0.4 is 16.0 Å². The average Bonchev–Trinajstić information content (AvgIpc) is 2.72. The van der Waals surface area contributed by atoms with Gasteiger partial charge in [0.05, 0.1) is 0 Å². The highest BCUT2D eigenvalue weighted by Gasteiger charge is 2.34. The van der Waals surface area contributed by atoms with Gasteiger partial charge in [-0.05, 0) is 30.1 Å². The molecule has 0 fully saturated rings. The van der Waals surface area contributed by atoms with Gasteiger partial charge in [0.25, 0.3) is 0 Å². The maximum Gasteiger partial charge on any atom is 0.228 e. The number of fused-ring (bicyclic) bond motifs is 1. The first-order valence-electron chi connectivity index (χ1n) is 10.7. The van der Waals surface area contributed by atoms with Crippen LogP contribution in [0.3, 0.4) is 0 Å². The van der Waals surface area contributed by atoms with Crippen LogP contribution in [0, 0.1) is 0 Å². The van der Waals surface area contributed by atoms with E-state index in [9.17, 15) is 4.79 Å². The molecule has 0 radical (unpaired) electrons. The molecule has 31 heavy (non-hydrogen) atoms. The van der Waals surface area contributed by atoms with Crippen molar-refractivity contribution in [3.63, 3.8) is 0 Å². The molecule has 0 saturated carbocycles. The molecular formula is C23H30Cl3N3OS. The highest BCUT2D eigenvalue weighted by Crippen LogP contribution is 2.29. The Hall–Kier alpha value is -1.27. The zero-order valence-electron chi connectivity index (χ0n) is 17.7. The fraction of sp³-hybridized carbons (Fsp3) is 0.478. The first-order chi connectivity index (χ1) is 14.8. The Morgan fingerprint density at radius 1 is 0.935 bits per heavy atom. The predicted octanol–water partition coefficient (Wildman–Crippen LogP) is 7.08. The lowest BCUT2D eigenvalue weighted by Crippen LogP contribution is -2.56. The van der Waals surface area contributed by atoms with Gasteiger partial charge in [-0.25, -0.2) is 0 Å². The summed E-state index contributed by atoms with van der Waals surface area (Å²) in [4.78, 5) is 12.4. The summed E-state index contributed by atoms with van der Waals surface area (Å²) in [7, 11) is 0. The van der Waals surface area contributed by atoms with E-state index >= 15 is 0 Å². The molecule has 2 aromatic rings. The van der Waals surface area contributed by atoms with Crippen LogP contribution >= 0.6 is 47.0 Å². The van der Waals surface area contributed by atoms with Gasteiger partial charge in [-0.2, -0.15) is 0 Å². The van der Waals surface area contributed by atoms with E-state index in [1.54, 1.807) is 0 Å². The van der Waals surface area contributed by atoms with E-state index in [1.165, 1.54) is 25.7 Å². The highest BCUT2D eigenvalue weighted by atomic mass is 35.6. The van der Waals surface area contributed by atoms with Crippen molar-refractivity contribution in [1.29, 1.82) is 0 Å². The van der Waals surface area contributed by atoms with Gasteiger partial charge < -0.3 is 16.0 Å². The molecule has 0 aliphatic carbocycles. The van der Waals surface area contributed by atoms with Gasteiger partial charge in [0.15, 0.2) is 5.11 Å². The van der Waals surface area contributed by atoms with E-state index in [2.05, 4.69) is 22.9 Å². The van der Waals surface area contributed by atoms with Crippen LogP contribution in [0.25, 0.3) is 10.8 Å². The van der Waals surface area contributed by atoms with Crippen molar-refractivity contribution >= 4 is 74.5 Å². The minimum Gasteiger partial charge on any atom is -0.339 e. The molecule has 0 heterocycles. The number of rotatable bonds is 11. The highest BCUT2D eigenvalue weighted by molar-refractivity contribution is 7.80. The van der Waals surface area contributed by atoms with Gasteiger partial charge in [-0.1, -0.05) is 117 Å². The summed E-state index contributed by atoms with van der Waals surface area (Å²) in [5.41, 5.74) is 0.827.